The molecule has 0 aliphatic carbocycles. The number of carbonyl (C=O) groups excluding carboxylic acids is 1. The Morgan fingerprint density at radius 1 is 1.06 bits per heavy atom. The van der Waals surface area contributed by atoms with E-state index in [4.69, 9.17) is 4.74 Å². The van der Waals surface area contributed by atoms with Gasteiger partial charge in [0.25, 0.3) is 10.0 Å². The van der Waals surface area contributed by atoms with Crippen LogP contribution in [0, 0.1) is 0 Å². The molecular formula is C22H29N4O6S2Y+2. The van der Waals surface area contributed by atoms with Gasteiger partial charge in [-0.3, -0.25) is 8.93 Å². The Morgan fingerprint density at radius 2 is 1.74 bits per heavy atom. The van der Waals surface area contributed by atoms with Crippen LogP contribution in [0.15, 0.2) is 53.4 Å². The van der Waals surface area contributed by atoms with E-state index < -0.39 is 33.0 Å². The van der Waals surface area contributed by atoms with Crippen molar-refractivity contribution in [3.63, 3.8) is 0 Å². The first-order chi connectivity index (χ1) is 15.9. The molecule has 0 radical (unpaired) electrons. The third kappa shape index (κ3) is 8.71. The van der Waals surface area contributed by atoms with Gasteiger partial charge in [-0.05, 0) is 57.5 Å². The van der Waals surface area contributed by atoms with Gasteiger partial charge in [0, 0.05) is 43.1 Å². The van der Waals surface area contributed by atoms with Crippen LogP contribution < -0.4 is 14.3 Å². The summed E-state index contributed by atoms with van der Waals surface area (Å²) in [6.45, 7) is 7.26. The summed E-state index contributed by atoms with van der Waals surface area (Å²) in [5.41, 5.74) is 0.445. The predicted octanol–water partition coefficient (Wildman–Crippen LogP) is 3.14. The minimum atomic E-state index is -3.94. The zero-order valence-electron chi connectivity index (χ0n) is 19.9. The molecular weight excluding hydrogens is 569 g/mol. The molecule has 1 saturated heterocycles. The van der Waals surface area contributed by atoms with Gasteiger partial charge in [-0.25, -0.2) is 13.2 Å². The number of carbonyl (C=O) groups is 1. The van der Waals surface area contributed by atoms with Gasteiger partial charge in [-0.1, -0.05) is 18.2 Å². The van der Waals surface area contributed by atoms with Gasteiger partial charge in [-0.15, -0.1) is 0 Å². The maximum Gasteiger partial charge on any atom is 3.00 e. The van der Waals surface area contributed by atoms with Crippen LogP contribution in [0.5, 0.6) is 0 Å². The Labute approximate surface area is 234 Å². The fourth-order valence-electron chi connectivity index (χ4n) is 3.52. The van der Waals surface area contributed by atoms with Crippen molar-refractivity contribution in [1.29, 1.82) is 0 Å². The van der Waals surface area contributed by atoms with Crippen molar-refractivity contribution in [3.8, 4) is 0 Å². The molecule has 1 unspecified atom stereocenters. The van der Waals surface area contributed by atoms with Crippen molar-refractivity contribution < 1.29 is 59.4 Å². The number of nitrogens with one attached hydrogen (secondary N) is 2. The third-order valence-corrected chi connectivity index (χ3v) is 6.75. The largest absolute Gasteiger partial charge is 3.00 e. The third-order valence-electron chi connectivity index (χ3n) is 4.99. The molecule has 35 heavy (non-hydrogen) atoms. The molecule has 3 rings (SSSR count). The molecule has 0 spiro atoms. The molecule has 10 nitrogen and oxygen atoms in total. The van der Waals surface area contributed by atoms with Crippen molar-refractivity contribution in [2.45, 2.75) is 37.7 Å². The van der Waals surface area contributed by atoms with Crippen LogP contribution in [0.3, 0.4) is 0 Å². The standard InChI is InChI=1S/C22H30N4O6S2.Y/c1-22(2,3)32-21(27)26-13-7-12-25(14-15-26)20-11-10-18(16-19(20)23-33(28)29)34(30,31)24-17-8-5-4-6-9-17;/h4-6,8-11,16,23-24H,7,12-15H2,1-3H3,(H,28,29);/q;+3/p-1. The van der Waals surface area contributed by atoms with Crippen molar-refractivity contribution in [3.05, 3.63) is 48.5 Å². The second-order valence-corrected chi connectivity index (χ2v) is 11.2. The molecule has 186 valence electrons. The van der Waals surface area contributed by atoms with E-state index in [1.54, 1.807) is 62.1 Å². The van der Waals surface area contributed by atoms with Gasteiger partial charge in [0.15, 0.2) is 0 Å². The maximum absolute atomic E-state index is 12.8. The number of hydrogen-bond donors (Lipinski definition) is 2. The summed E-state index contributed by atoms with van der Waals surface area (Å²) in [5.74, 6) is 0. The second-order valence-electron chi connectivity index (χ2n) is 8.80. The molecule has 1 amide bonds. The van der Waals surface area contributed by atoms with Crippen molar-refractivity contribution in [1.82, 2.24) is 4.90 Å². The topological polar surface area (TPSA) is 131 Å². The summed E-state index contributed by atoms with van der Waals surface area (Å²) >= 11 is -2.66. The normalized spacial score (nSPS) is 15.4. The number of para-hydroxylation sites is 1. The van der Waals surface area contributed by atoms with E-state index in [1.165, 1.54) is 12.1 Å². The van der Waals surface area contributed by atoms with E-state index >= 15 is 0 Å². The summed E-state index contributed by atoms with van der Waals surface area (Å²) in [7, 11) is -3.94. The number of hydrogen-bond acceptors (Lipinski definition) is 7. The summed E-state index contributed by atoms with van der Waals surface area (Å²) in [4.78, 5) is 15.9. The molecule has 1 atom stereocenters. The zero-order chi connectivity index (χ0) is 24.9. The minimum Gasteiger partial charge on any atom is -0.755 e. The van der Waals surface area contributed by atoms with Gasteiger partial charge < -0.3 is 23.8 Å². The monoisotopic (exact) mass is 598 g/mol. The van der Waals surface area contributed by atoms with Gasteiger partial charge in [0.2, 0.25) is 0 Å². The minimum absolute atomic E-state index is 0. The van der Waals surface area contributed by atoms with Crippen molar-refractivity contribution in [2.75, 3.05) is 40.5 Å². The van der Waals surface area contributed by atoms with Gasteiger partial charge in [-0.2, -0.15) is 0 Å². The fourth-order valence-corrected chi connectivity index (χ4v) is 4.94. The van der Waals surface area contributed by atoms with Crippen LogP contribution in [0.4, 0.5) is 21.9 Å². The number of amides is 1. The maximum atomic E-state index is 12.8. The molecule has 1 fully saturated rings. The van der Waals surface area contributed by atoms with E-state index in [-0.39, 0.29) is 43.3 Å². The number of ether oxygens (including phenoxy) is 1. The van der Waals surface area contributed by atoms with Crippen molar-refractivity contribution >= 4 is 44.4 Å². The van der Waals surface area contributed by atoms with E-state index in [2.05, 4.69) is 9.44 Å². The summed E-state index contributed by atoms with van der Waals surface area (Å²) in [6, 6.07) is 12.7. The molecule has 1 aliphatic rings. The zero-order valence-corrected chi connectivity index (χ0v) is 24.4. The number of nitrogens with zero attached hydrogens (tertiary/aromatic N) is 2. The number of anilines is 3. The molecule has 2 aromatic carbocycles. The molecule has 1 aliphatic heterocycles. The molecule has 1 heterocycles. The van der Waals surface area contributed by atoms with Crippen LogP contribution in [0.1, 0.15) is 27.2 Å². The first-order valence-corrected chi connectivity index (χ1v) is 13.3. The number of sulfonamides is 1. The van der Waals surface area contributed by atoms with E-state index in [1.807, 2.05) is 4.90 Å². The number of rotatable bonds is 6. The Kier molecular flexibility index (Phi) is 10.5. The average Bonchev–Trinajstić information content (AvgIpc) is 2.99. The molecule has 0 aromatic heterocycles. The second kappa shape index (κ2) is 12.5. The van der Waals surface area contributed by atoms with E-state index in [9.17, 15) is 22.0 Å². The van der Waals surface area contributed by atoms with Crippen LogP contribution in [-0.2, 0) is 58.7 Å². The molecule has 13 heteroatoms. The summed E-state index contributed by atoms with van der Waals surface area (Å²) in [5, 5.41) is 0. The molecule has 2 N–H and O–H groups in total. The molecule has 0 saturated carbocycles. The van der Waals surface area contributed by atoms with Gasteiger partial charge in [0.1, 0.15) is 5.60 Å². The van der Waals surface area contributed by atoms with Crippen LogP contribution in [-0.4, -0.2) is 60.0 Å². The van der Waals surface area contributed by atoms with E-state index in [0.717, 1.165) is 0 Å². The predicted molar refractivity (Wildman–Crippen MR) is 131 cm³/mol. The first kappa shape index (κ1) is 29.5. The average molecular weight is 599 g/mol. The Balaban J connectivity index is 0.00000432. The van der Waals surface area contributed by atoms with E-state index in [0.29, 0.717) is 44.0 Å². The summed E-state index contributed by atoms with van der Waals surface area (Å²) < 4.78 is 58.8. The Bertz CT molecular complexity index is 1140. The smallest absolute Gasteiger partial charge is 0.755 e. The number of benzene rings is 2. The van der Waals surface area contributed by atoms with Crippen molar-refractivity contribution in [2.24, 2.45) is 0 Å². The quantitative estimate of drug-likeness (QED) is 0.489. The molecule has 0 bridgehead atoms. The molecule has 2 aromatic rings. The fraction of sp³-hybridized carbons (Fsp3) is 0.409. The van der Waals surface area contributed by atoms with Crippen LogP contribution >= 0.6 is 0 Å². The van der Waals surface area contributed by atoms with Crippen LogP contribution in [0.2, 0.25) is 0 Å². The Morgan fingerprint density at radius 3 is 2.37 bits per heavy atom. The van der Waals surface area contributed by atoms with Gasteiger partial charge >= 0.3 is 38.8 Å². The first-order valence-electron chi connectivity index (χ1n) is 10.8. The van der Waals surface area contributed by atoms with Gasteiger partial charge in [0.05, 0.1) is 16.3 Å². The SMILES string of the molecule is CC(C)(C)OC(=O)N1CCCN(c2ccc(S(=O)(=O)Nc3ccccc3)cc2NS(=O)[O-])CC1.[Y+3]. The summed E-state index contributed by atoms with van der Waals surface area (Å²) in [6.07, 6.45) is 0.233. The Hall–Kier alpha value is -1.73. The van der Waals surface area contributed by atoms with Crippen LogP contribution in [0.25, 0.3) is 0 Å².